The van der Waals surface area contributed by atoms with Crippen molar-refractivity contribution < 1.29 is 9.53 Å². The molecular formula is C16H15Cl2NO2. The molecule has 3 nitrogen and oxygen atoms in total. The van der Waals surface area contributed by atoms with E-state index in [2.05, 4.69) is 5.32 Å². The van der Waals surface area contributed by atoms with Crippen LogP contribution in [-0.2, 0) is 0 Å². The highest BCUT2D eigenvalue weighted by Gasteiger charge is 2.09. The maximum Gasteiger partial charge on any atom is 0.255 e. The zero-order valence-electron chi connectivity index (χ0n) is 11.7. The summed E-state index contributed by atoms with van der Waals surface area (Å²) < 4.78 is 5.45. The first-order chi connectivity index (χ1) is 10.0. The molecule has 21 heavy (non-hydrogen) atoms. The van der Waals surface area contributed by atoms with Gasteiger partial charge in [0.05, 0.1) is 16.7 Å². The van der Waals surface area contributed by atoms with Crippen LogP contribution < -0.4 is 10.1 Å². The van der Waals surface area contributed by atoms with Gasteiger partial charge in [-0.25, -0.2) is 0 Å². The molecule has 0 saturated carbocycles. The molecule has 0 heterocycles. The van der Waals surface area contributed by atoms with E-state index < -0.39 is 0 Å². The van der Waals surface area contributed by atoms with Gasteiger partial charge in [-0.1, -0.05) is 23.2 Å². The molecule has 0 spiro atoms. The predicted molar refractivity (Wildman–Crippen MR) is 86.8 cm³/mol. The average Bonchev–Trinajstić information content (AvgIpc) is 2.45. The second-order valence-corrected chi connectivity index (χ2v) is 5.31. The Balaban J connectivity index is 2.16. The minimum absolute atomic E-state index is 0.209. The van der Waals surface area contributed by atoms with Crippen LogP contribution in [0.5, 0.6) is 5.75 Å². The summed E-state index contributed by atoms with van der Waals surface area (Å²) in [6, 6.07) is 10.3. The van der Waals surface area contributed by atoms with E-state index in [0.717, 1.165) is 11.3 Å². The molecule has 0 atom stereocenters. The number of hydrogen-bond donors (Lipinski definition) is 1. The Morgan fingerprint density at radius 3 is 2.52 bits per heavy atom. The van der Waals surface area contributed by atoms with Crippen molar-refractivity contribution in [2.24, 2.45) is 0 Å². The molecule has 1 amide bonds. The number of carbonyl (C=O) groups excluding carboxylic acids is 1. The lowest BCUT2D eigenvalue weighted by atomic mass is 10.1. The number of ether oxygens (including phenoxy) is 1. The third kappa shape index (κ3) is 3.90. The maximum absolute atomic E-state index is 12.2. The van der Waals surface area contributed by atoms with E-state index in [0.29, 0.717) is 27.9 Å². The third-order valence-corrected chi connectivity index (χ3v) is 3.65. The van der Waals surface area contributed by atoms with Crippen LogP contribution in [0.1, 0.15) is 22.8 Å². The Morgan fingerprint density at radius 1 is 1.14 bits per heavy atom. The summed E-state index contributed by atoms with van der Waals surface area (Å²) in [5.74, 6) is 0.572. The first kappa shape index (κ1) is 15.7. The van der Waals surface area contributed by atoms with Crippen LogP contribution in [0.25, 0.3) is 0 Å². The quantitative estimate of drug-likeness (QED) is 0.864. The summed E-state index contributed by atoms with van der Waals surface area (Å²) in [6.45, 7) is 4.42. The number of anilines is 1. The van der Waals surface area contributed by atoms with E-state index >= 15 is 0 Å². The van der Waals surface area contributed by atoms with Crippen molar-refractivity contribution >= 4 is 34.8 Å². The SMILES string of the molecule is CCOc1ccc(C(=O)Nc2ccc(Cl)c(Cl)c2)cc1C. The lowest BCUT2D eigenvalue weighted by molar-refractivity contribution is 0.102. The number of aryl methyl sites for hydroxylation is 1. The van der Waals surface area contributed by atoms with Crippen molar-refractivity contribution in [3.8, 4) is 5.75 Å². The van der Waals surface area contributed by atoms with Gasteiger partial charge in [-0.3, -0.25) is 4.79 Å². The molecule has 110 valence electrons. The normalized spacial score (nSPS) is 10.3. The minimum atomic E-state index is -0.209. The van der Waals surface area contributed by atoms with Gasteiger partial charge in [0.2, 0.25) is 0 Å². The predicted octanol–water partition coefficient (Wildman–Crippen LogP) is 4.95. The Bertz CT molecular complexity index is 671. The third-order valence-electron chi connectivity index (χ3n) is 2.91. The van der Waals surface area contributed by atoms with Gasteiger partial charge >= 0.3 is 0 Å². The highest BCUT2D eigenvalue weighted by molar-refractivity contribution is 6.42. The van der Waals surface area contributed by atoms with Crippen LogP contribution in [-0.4, -0.2) is 12.5 Å². The molecule has 0 aliphatic rings. The van der Waals surface area contributed by atoms with Crippen molar-refractivity contribution in [3.05, 3.63) is 57.6 Å². The summed E-state index contributed by atoms with van der Waals surface area (Å²) in [5, 5.41) is 3.63. The molecule has 1 N–H and O–H groups in total. The lowest BCUT2D eigenvalue weighted by Gasteiger charge is -2.10. The maximum atomic E-state index is 12.2. The molecule has 0 fully saturated rings. The lowest BCUT2D eigenvalue weighted by Crippen LogP contribution is -2.12. The van der Waals surface area contributed by atoms with E-state index in [4.69, 9.17) is 27.9 Å². The molecule has 0 saturated heterocycles. The highest BCUT2D eigenvalue weighted by Crippen LogP contribution is 2.25. The zero-order chi connectivity index (χ0) is 15.4. The average molecular weight is 324 g/mol. The number of nitrogens with one attached hydrogen (secondary N) is 1. The van der Waals surface area contributed by atoms with Gasteiger partial charge in [-0.2, -0.15) is 0 Å². The number of rotatable bonds is 4. The van der Waals surface area contributed by atoms with E-state index in [1.165, 1.54) is 0 Å². The van der Waals surface area contributed by atoms with E-state index in [9.17, 15) is 4.79 Å². The van der Waals surface area contributed by atoms with Crippen LogP contribution in [0.3, 0.4) is 0 Å². The van der Waals surface area contributed by atoms with Crippen LogP contribution >= 0.6 is 23.2 Å². The Morgan fingerprint density at radius 2 is 1.90 bits per heavy atom. The Hall–Kier alpha value is -1.71. The second kappa shape index (κ2) is 6.83. The van der Waals surface area contributed by atoms with Crippen LogP contribution in [0, 0.1) is 6.92 Å². The van der Waals surface area contributed by atoms with E-state index in [1.807, 2.05) is 13.8 Å². The summed E-state index contributed by atoms with van der Waals surface area (Å²) in [5.41, 5.74) is 2.07. The van der Waals surface area contributed by atoms with E-state index in [-0.39, 0.29) is 5.91 Å². The van der Waals surface area contributed by atoms with Crippen LogP contribution in [0.2, 0.25) is 10.0 Å². The second-order valence-electron chi connectivity index (χ2n) is 4.50. The van der Waals surface area contributed by atoms with Gasteiger partial charge in [-0.05, 0) is 55.8 Å². The summed E-state index contributed by atoms with van der Waals surface area (Å²) >= 11 is 11.8. The fraction of sp³-hybridized carbons (Fsp3) is 0.188. The molecule has 0 radical (unpaired) electrons. The van der Waals surface area contributed by atoms with Gasteiger partial charge < -0.3 is 10.1 Å². The van der Waals surface area contributed by atoms with Crippen molar-refractivity contribution in [2.75, 3.05) is 11.9 Å². The van der Waals surface area contributed by atoms with Crippen molar-refractivity contribution in [1.82, 2.24) is 0 Å². The molecule has 0 aromatic heterocycles. The number of halogens is 2. The van der Waals surface area contributed by atoms with Gasteiger partial charge in [0.1, 0.15) is 5.75 Å². The fourth-order valence-corrected chi connectivity index (χ4v) is 2.18. The standard InChI is InChI=1S/C16H15Cl2NO2/c1-3-21-15-7-4-11(8-10(15)2)16(20)19-12-5-6-13(17)14(18)9-12/h4-9H,3H2,1-2H3,(H,19,20). The monoisotopic (exact) mass is 323 g/mol. The van der Waals surface area contributed by atoms with E-state index in [1.54, 1.807) is 36.4 Å². The first-order valence-corrected chi connectivity index (χ1v) is 7.26. The Labute approximate surface area is 133 Å². The number of amides is 1. The number of carbonyl (C=O) groups is 1. The molecule has 0 unspecified atom stereocenters. The van der Waals surface area contributed by atoms with Crippen molar-refractivity contribution in [3.63, 3.8) is 0 Å². The molecule has 0 aliphatic heterocycles. The van der Waals surface area contributed by atoms with Crippen molar-refractivity contribution in [1.29, 1.82) is 0 Å². The van der Waals surface area contributed by atoms with Crippen LogP contribution in [0.4, 0.5) is 5.69 Å². The highest BCUT2D eigenvalue weighted by atomic mass is 35.5. The van der Waals surface area contributed by atoms with Crippen LogP contribution in [0.15, 0.2) is 36.4 Å². The number of benzene rings is 2. The zero-order valence-corrected chi connectivity index (χ0v) is 13.3. The summed E-state index contributed by atoms with van der Waals surface area (Å²) in [4.78, 5) is 12.2. The van der Waals surface area contributed by atoms with Crippen molar-refractivity contribution in [2.45, 2.75) is 13.8 Å². The largest absolute Gasteiger partial charge is 0.494 e. The first-order valence-electron chi connectivity index (χ1n) is 6.51. The molecule has 0 bridgehead atoms. The van der Waals surface area contributed by atoms with Gasteiger partial charge in [0.25, 0.3) is 5.91 Å². The summed E-state index contributed by atoms with van der Waals surface area (Å²) in [7, 11) is 0. The number of hydrogen-bond acceptors (Lipinski definition) is 2. The molecule has 5 heteroatoms. The Kier molecular flexibility index (Phi) is 5.10. The topological polar surface area (TPSA) is 38.3 Å². The van der Waals surface area contributed by atoms with Gasteiger partial charge in [0, 0.05) is 11.3 Å². The van der Waals surface area contributed by atoms with Gasteiger partial charge in [0.15, 0.2) is 0 Å². The molecular weight excluding hydrogens is 309 g/mol. The molecule has 2 aromatic carbocycles. The summed E-state index contributed by atoms with van der Waals surface area (Å²) in [6.07, 6.45) is 0. The van der Waals surface area contributed by atoms with Gasteiger partial charge in [-0.15, -0.1) is 0 Å². The molecule has 0 aliphatic carbocycles. The molecule has 2 aromatic rings. The minimum Gasteiger partial charge on any atom is -0.494 e. The fourth-order valence-electron chi connectivity index (χ4n) is 1.89. The molecule has 2 rings (SSSR count). The smallest absolute Gasteiger partial charge is 0.255 e.